The number of carbonyl (C=O) groups excluding carboxylic acids is 3. The molecular formula is C19H17NO5. The number of amides is 2. The van der Waals surface area contributed by atoms with Crippen LogP contribution in [-0.2, 0) is 16.1 Å². The number of aliphatic hydroxyl groups is 1. The molecule has 0 bridgehead atoms. The number of esters is 1. The van der Waals surface area contributed by atoms with Crippen LogP contribution >= 0.6 is 0 Å². The van der Waals surface area contributed by atoms with Gasteiger partial charge in [-0.25, -0.2) is 0 Å². The second kappa shape index (κ2) is 7.27. The van der Waals surface area contributed by atoms with Crippen molar-refractivity contribution in [3.05, 3.63) is 71.3 Å². The van der Waals surface area contributed by atoms with E-state index in [4.69, 9.17) is 4.74 Å². The first-order valence-electron chi connectivity index (χ1n) is 7.89. The van der Waals surface area contributed by atoms with Crippen molar-refractivity contribution in [3.63, 3.8) is 0 Å². The Kier molecular flexibility index (Phi) is 4.90. The van der Waals surface area contributed by atoms with Crippen LogP contribution in [0.15, 0.2) is 54.6 Å². The van der Waals surface area contributed by atoms with Gasteiger partial charge in [-0.05, 0) is 17.7 Å². The molecule has 128 valence electrons. The van der Waals surface area contributed by atoms with Crippen LogP contribution in [-0.4, -0.2) is 40.4 Å². The summed E-state index contributed by atoms with van der Waals surface area (Å²) in [5.74, 6) is -1.59. The van der Waals surface area contributed by atoms with Crippen LogP contribution in [0.3, 0.4) is 0 Å². The SMILES string of the molecule is O=C(C[C@@H](CO)N1C(=O)c2ccccc2C1=O)OCc1ccccc1. The van der Waals surface area contributed by atoms with Crippen molar-refractivity contribution in [2.24, 2.45) is 0 Å². The molecule has 25 heavy (non-hydrogen) atoms. The van der Waals surface area contributed by atoms with E-state index in [0.29, 0.717) is 0 Å². The molecule has 0 saturated heterocycles. The van der Waals surface area contributed by atoms with E-state index in [9.17, 15) is 19.5 Å². The summed E-state index contributed by atoms with van der Waals surface area (Å²) in [5, 5.41) is 9.58. The van der Waals surface area contributed by atoms with Crippen LogP contribution in [0.25, 0.3) is 0 Å². The molecular weight excluding hydrogens is 322 g/mol. The lowest BCUT2D eigenvalue weighted by atomic mass is 10.1. The number of aliphatic hydroxyl groups excluding tert-OH is 1. The van der Waals surface area contributed by atoms with E-state index in [-0.39, 0.29) is 24.2 Å². The fraction of sp³-hybridized carbons (Fsp3) is 0.211. The molecule has 6 nitrogen and oxygen atoms in total. The molecule has 0 fully saturated rings. The summed E-state index contributed by atoms with van der Waals surface area (Å²) in [6, 6.07) is 14.6. The summed E-state index contributed by atoms with van der Waals surface area (Å²) >= 11 is 0. The van der Waals surface area contributed by atoms with Crippen molar-refractivity contribution < 1.29 is 24.2 Å². The minimum atomic E-state index is -0.948. The van der Waals surface area contributed by atoms with Crippen molar-refractivity contribution in [1.82, 2.24) is 4.90 Å². The minimum absolute atomic E-state index is 0.0972. The summed E-state index contributed by atoms with van der Waals surface area (Å²) in [6.45, 7) is -0.411. The first kappa shape index (κ1) is 16.9. The van der Waals surface area contributed by atoms with Crippen molar-refractivity contribution in [1.29, 1.82) is 0 Å². The first-order valence-corrected chi connectivity index (χ1v) is 7.89. The maximum absolute atomic E-state index is 12.4. The van der Waals surface area contributed by atoms with Crippen molar-refractivity contribution in [2.75, 3.05) is 6.61 Å². The van der Waals surface area contributed by atoms with E-state index in [1.165, 1.54) is 0 Å². The van der Waals surface area contributed by atoms with Gasteiger partial charge in [-0.2, -0.15) is 0 Å². The lowest BCUT2D eigenvalue weighted by Crippen LogP contribution is -2.43. The predicted molar refractivity (Wildman–Crippen MR) is 88.7 cm³/mol. The average Bonchev–Trinajstić information content (AvgIpc) is 2.90. The van der Waals surface area contributed by atoms with E-state index in [0.717, 1.165) is 10.5 Å². The number of ether oxygens (including phenoxy) is 1. The smallest absolute Gasteiger partial charge is 0.308 e. The van der Waals surface area contributed by atoms with Crippen LogP contribution < -0.4 is 0 Å². The molecule has 0 saturated carbocycles. The molecule has 1 N–H and O–H groups in total. The van der Waals surface area contributed by atoms with Gasteiger partial charge in [-0.3, -0.25) is 19.3 Å². The van der Waals surface area contributed by atoms with Crippen LogP contribution in [0.5, 0.6) is 0 Å². The van der Waals surface area contributed by atoms with E-state index < -0.39 is 30.4 Å². The number of fused-ring (bicyclic) bond motifs is 1. The molecule has 1 atom stereocenters. The molecule has 1 aliphatic heterocycles. The van der Waals surface area contributed by atoms with Crippen LogP contribution in [0.2, 0.25) is 0 Å². The molecule has 0 aromatic heterocycles. The van der Waals surface area contributed by atoms with E-state index in [1.54, 1.807) is 24.3 Å². The quantitative estimate of drug-likeness (QED) is 0.641. The third-order valence-electron chi connectivity index (χ3n) is 4.05. The van der Waals surface area contributed by atoms with Crippen molar-refractivity contribution in [3.8, 4) is 0 Å². The fourth-order valence-corrected chi connectivity index (χ4v) is 2.77. The summed E-state index contributed by atoms with van der Waals surface area (Å²) in [4.78, 5) is 37.8. The van der Waals surface area contributed by atoms with Crippen LogP contribution in [0.1, 0.15) is 32.7 Å². The summed E-state index contributed by atoms with van der Waals surface area (Å²) in [6.07, 6.45) is -0.255. The van der Waals surface area contributed by atoms with Crippen LogP contribution in [0.4, 0.5) is 0 Å². The zero-order valence-corrected chi connectivity index (χ0v) is 13.4. The minimum Gasteiger partial charge on any atom is -0.461 e. The Balaban J connectivity index is 1.66. The highest BCUT2D eigenvalue weighted by atomic mass is 16.5. The number of imide groups is 1. The van der Waals surface area contributed by atoms with Crippen LogP contribution in [0, 0.1) is 0 Å². The zero-order chi connectivity index (χ0) is 17.8. The third-order valence-corrected chi connectivity index (χ3v) is 4.05. The van der Waals surface area contributed by atoms with Crippen molar-refractivity contribution >= 4 is 17.8 Å². The Morgan fingerprint density at radius 3 is 2.08 bits per heavy atom. The van der Waals surface area contributed by atoms with E-state index >= 15 is 0 Å². The Morgan fingerprint density at radius 1 is 0.960 bits per heavy atom. The van der Waals surface area contributed by atoms with Gasteiger partial charge >= 0.3 is 5.97 Å². The van der Waals surface area contributed by atoms with Gasteiger partial charge in [0.05, 0.1) is 30.2 Å². The van der Waals surface area contributed by atoms with E-state index in [1.807, 2.05) is 30.3 Å². The normalized spacial score (nSPS) is 14.4. The molecule has 2 amide bonds. The van der Waals surface area contributed by atoms with Gasteiger partial charge in [0.25, 0.3) is 11.8 Å². The van der Waals surface area contributed by atoms with Gasteiger partial charge in [-0.15, -0.1) is 0 Å². The largest absolute Gasteiger partial charge is 0.461 e. The molecule has 1 heterocycles. The Morgan fingerprint density at radius 2 is 1.52 bits per heavy atom. The van der Waals surface area contributed by atoms with Gasteiger partial charge in [0.1, 0.15) is 6.61 Å². The topological polar surface area (TPSA) is 83.9 Å². The number of rotatable bonds is 6. The molecule has 0 unspecified atom stereocenters. The monoisotopic (exact) mass is 339 g/mol. The molecule has 3 rings (SSSR count). The average molecular weight is 339 g/mol. The fourth-order valence-electron chi connectivity index (χ4n) is 2.77. The Bertz CT molecular complexity index is 767. The Labute approximate surface area is 144 Å². The van der Waals surface area contributed by atoms with Crippen molar-refractivity contribution in [2.45, 2.75) is 19.1 Å². The van der Waals surface area contributed by atoms with Gasteiger partial charge in [0, 0.05) is 0 Å². The predicted octanol–water partition coefficient (Wildman–Crippen LogP) is 1.78. The van der Waals surface area contributed by atoms with Gasteiger partial charge in [-0.1, -0.05) is 42.5 Å². The number of benzene rings is 2. The summed E-state index contributed by atoms with van der Waals surface area (Å²) in [7, 11) is 0. The number of nitrogens with zero attached hydrogens (tertiary/aromatic N) is 1. The lowest BCUT2D eigenvalue weighted by molar-refractivity contribution is -0.146. The second-order valence-electron chi connectivity index (χ2n) is 5.71. The molecule has 2 aromatic carbocycles. The highest BCUT2D eigenvalue weighted by Crippen LogP contribution is 2.25. The zero-order valence-electron chi connectivity index (χ0n) is 13.4. The second-order valence-corrected chi connectivity index (χ2v) is 5.71. The summed E-state index contributed by atoms with van der Waals surface area (Å²) < 4.78 is 5.17. The van der Waals surface area contributed by atoms with Gasteiger partial charge in [0.2, 0.25) is 0 Å². The number of hydrogen-bond acceptors (Lipinski definition) is 5. The molecule has 6 heteroatoms. The highest BCUT2D eigenvalue weighted by molar-refractivity contribution is 6.21. The molecule has 0 radical (unpaired) electrons. The standard InChI is InChI=1S/C19H17NO5/c21-11-14(10-17(22)25-12-13-6-2-1-3-7-13)20-18(23)15-8-4-5-9-16(15)19(20)24/h1-9,14,21H,10-12H2/t14-/m0/s1. The highest BCUT2D eigenvalue weighted by Gasteiger charge is 2.40. The maximum Gasteiger partial charge on any atom is 0.308 e. The summed E-state index contributed by atoms with van der Waals surface area (Å²) in [5.41, 5.74) is 1.39. The van der Waals surface area contributed by atoms with E-state index in [2.05, 4.69) is 0 Å². The third kappa shape index (κ3) is 3.44. The molecule has 2 aromatic rings. The molecule has 0 aliphatic carbocycles. The van der Waals surface area contributed by atoms with Gasteiger partial charge < -0.3 is 9.84 Å². The number of hydrogen-bond donors (Lipinski definition) is 1. The number of carbonyl (C=O) groups is 3. The van der Waals surface area contributed by atoms with Gasteiger partial charge in [0.15, 0.2) is 0 Å². The lowest BCUT2D eigenvalue weighted by Gasteiger charge is -2.23. The Hall–Kier alpha value is -2.99. The molecule has 0 spiro atoms. The first-order chi connectivity index (χ1) is 12.1. The maximum atomic E-state index is 12.4. The molecule has 1 aliphatic rings.